The largest absolute Gasteiger partial charge is 0.345 e. The van der Waals surface area contributed by atoms with Gasteiger partial charge in [-0.05, 0) is 32.0 Å². The average Bonchev–Trinajstić information content (AvgIpc) is 2.72. The first-order valence-corrected chi connectivity index (χ1v) is 6.15. The molecule has 1 aromatic rings. The third-order valence-electron chi connectivity index (χ3n) is 2.88. The summed E-state index contributed by atoms with van der Waals surface area (Å²) in [6, 6.07) is 2.30. The van der Waals surface area contributed by atoms with Crippen LogP contribution in [0.1, 0.15) is 26.3 Å². The number of nitrogens with one attached hydrogen (secondary N) is 1. The normalized spacial score (nSPS) is 10.9. The highest BCUT2D eigenvalue weighted by Gasteiger charge is 2.12. The first kappa shape index (κ1) is 13.8. The van der Waals surface area contributed by atoms with Gasteiger partial charge in [0.1, 0.15) is 6.54 Å². The van der Waals surface area contributed by atoms with Crippen LogP contribution in [0.5, 0.6) is 0 Å². The van der Waals surface area contributed by atoms with Crippen LogP contribution < -0.4 is 5.32 Å². The van der Waals surface area contributed by atoms with Gasteiger partial charge >= 0.3 is 0 Å². The molecule has 1 N–H and O–H groups in total. The lowest BCUT2D eigenvalue weighted by molar-refractivity contribution is -0.131. The number of hydrogen-bond donors (Lipinski definition) is 1. The third kappa shape index (κ3) is 4.23. The molecule has 1 heterocycles. The molecule has 1 amide bonds. The predicted octanol–water partition coefficient (Wildman–Crippen LogP) is 1.46. The molecule has 0 saturated carbocycles. The van der Waals surface area contributed by atoms with Gasteiger partial charge in [-0.25, -0.2) is 0 Å². The number of nitrogens with zero attached hydrogens (tertiary/aromatic N) is 2. The summed E-state index contributed by atoms with van der Waals surface area (Å²) in [7, 11) is 1.84. The summed E-state index contributed by atoms with van der Waals surface area (Å²) in [5, 5.41) is 3.26. The van der Waals surface area contributed by atoms with E-state index in [9.17, 15) is 4.79 Å². The van der Waals surface area contributed by atoms with Crippen LogP contribution in [0.15, 0.2) is 18.5 Å². The van der Waals surface area contributed by atoms with Crippen LogP contribution in [0.3, 0.4) is 0 Å². The highest BCUT2D eigenvalue weighted by atomic mass is 16.2. The number of carbonyl (C=O) groups excluding carboxylic acids is 1. The molecule has 96 valence electrons. The number of hydrogen-bond acceptors (Lipinski definition) is 2. The highest BCUT2D eigenvalue weighted by molar-refractivity contribution is 5.76. The fourth-order valence-corrected chi connectivity index (χ4v) is 1.52. The van der Waals surface area contributed by atoms with Crippen LogP contribution >= 0.6 is 0 Å². The Bertz CT molecular complexity index is 357. The molecule has 4 nitrogen and oxygen atoms in total. The van der Waals surface area contributed by atoms with Gasteiger partial charge in [0.2, 0.25) is 5.91 Å². The Hall–Kier alpha value is -1.29. The van der Waals surface area contributed by atoms with Gasteiger partial charge in [0.05, 0.1) is 0 Å². The van der Waals surface area contributed by atoms with E-state index in [-0.39, 0.29) is 11.9 Å². The molecule has 0 aromatic carbocycles. The van der Waals surface area contributed by atoms with Crippen molar-refractivity contribution in [1.82, 2.24) is 14.8 Å². The molecule has 0 radical (unpaired) electrons. The summed E-state index contributed by atoms with van der Waals surface area (Å²) < 4.78 is 1.94. The molecule has 0 aliphatic rings. The van der Waals surface area contributed by atoms with Crippen molar-refractivity contribution in [3.63, 3.8) is 0 Å². The van der Waals surface area contributed by atoms with Crippen LogP contribution in [0.4, 0.5) is 0 Å². The van der Waals surface area contributed by atoms with Crippen LogP contribution in [-0.2, 0) is 17.9 Å². The molecule has 0 unspecified atom stereocenters. The van der Waals surface area contributed by atoms with E-state index in [0.29, 0.717) is 6.54 Å². The third-order valence-corrected chi connectivity index (χ3v) is 2.88. The number of aromatic nitrogens is 1. The second kappa shape index (κ2) is 6.45. The Morgan fingerprint density at radius 3 is 2.82 bits per heavy atom. The maximum Gasteiger partial charge on any atom is 0.242 e. The van der Waals surface area contributed by atoms with Gasteiger partial charge in [0.15, 0.2) is 0 Å². The highest BCUT2D eigenvalue weighted by Crippen LogP contribution is 2.03. The van der Waals surface area contributed by atoms with E-state index >= 15 is 0 Å². The van der Waals surface area contributed by atoms with E-state index in [4.69, 9.17) is 0 Å². The summed E-state index contributed by atoms with van der Waals surface area (Å²) in [6.45, 7) is 8.35. The second-order valence-electron chi connectivity index (χ2n) is 4.57. The standard InChI is InChI=1S/C13H23N3O/c1-5-14-8-12-6-7-16(9-12)10-13(17)15(4)11(2)3/h6-7,9,11,14H,5,8,10H2,1-4H3. The maximum absolute atomic E-state index is 11.9. The van der Waals surface area contributed by atoms with Crippen molar-refractivity contribution in [1.29, 1.82) is 0 Å². The van der Waals surface area contributed by atoms with E-state index in [1.165, 1.54) is 5.56 Å². The van der Waals surface area contributed by atoms with E-state index in [0.717, 1.165) is 13.1 Å². The van der Waals surface area contributed by atoms with Crippen molar-refractivity contribution < 1.29 is 4.79 Å². The van der Waals surface area contributed by atoms with Gasteiger partial charge < -0.3 is 14.8 Å². The summed E-state index contributed by atoms with van der Waals surface area (Å²) in [4.78, 5) is 13.6. The van der Waals surface area contributed by atoms with Gasteiger partial charge in [-0.3, -0.25) is 4.79 Å². The van der Waals surface area contributed by atoms with Gasteiger partial charge in [-0.15, -0.1) is 0 Å². The van der Waals surface area contributed by atoms with Crippen LogP contribution in [0.2, 0.25) is 0 Å². The van der Waals surface area contributed by atoms with E-state index < -0.39 is 0 Å². The predicted molar refractivity (Wildman–Crippen MR) is 69.7 cm³/mol. The maximum atomic E-state index is 11.9. The topological polar surface area (TPSA) is 37.3 Å². The summed E-state index contributed by atoms with van der Waals surface area (Å²) >= 11 is 0. The van der Waals surface area contributed by atoms with Crippen molar-refractivity contribution in [2.24, 2.45) is 0 Å². The second-order valence-corrected chi connectivity index (χ2v) is 4.57. The lowest BCUT2D eigenvalue weighted by atomic mass is 10.3. The Morgan fingerprint density at radius 1 is 1.53 bits per heavy atom. The lowest BCUT2D eigenvalue weighted by Crippen LogP contribution is -2.35. The minimum absolute atomic E-state index is 0.144. The fourth-order valence-electron chi connectivity index (χ4n) is 1.52. The molecule has 4 heteroatoms. The Morgan fingerprint density at radius 2 is 2.24 bits per heavy atom. The molecular formula is C13H23N3O. The first-order valence-electron chi connectivity index (χ1n) is 6.15. The number of rotatable bonds is 6. The van der Waals surface area contributed by atoms with Crippen molar-refractivity contribution >= 4 is 5.91 Å². The zero-order chi connectivity index (χ0) is 12.8. The Balaban J connectivity index is 2.51. The van der Waals surface area contributed by atoms with Gasteiger partial charge in [-0.2, -0.15) is 0 Å². The molecule has 1 aromatic heterocycles. The quantitative estimate of drug-likeness (QED) is 0.813. The van der Waals surface area contributed by atoms with Crippen molar-refractivity contribution in [3.05, 3.63) is 24.0 Å². The molecule has 0 saturated heterocycles. The van der Waals surface area contributed by atoms with Crippen molar-refractivity contribution in [2.75, 3.05) is 13.6 Å². The molecule has 0 spiro atoms. The van der Waals surface area contributed by atoms with E-state index in [1.54, 1.807) is 4.90 Å². The average molecular weight is 237 g/mol. The van der Waals surface area contributed by atoms with E-state index in [2.05, 4.69) is 12.2 Å². The smallest absolute Gasteiger partial charge is 0.242 e. The molecule has 0 aliphatic carbocycles. The molecule has 0 bridgehead atoms. The molecule has 0 aliphatic heterocycles. The number of carbonyl (C=O) groups is 1. The zero-order valence-corrected chi connectivity index (χ0v) is 11.2. The zero-order valence-electron chi connectivity index (χ0n) is 11.2. The monoisotopic (exact) mass is 237 g/mol. The summed E-state index contributed by atoms with van der Waals surface area (Å²) in [5.74, 6) is 0.144. The minimum atomic E-state index is 0.144. The SMILES string of the molecule is CCNCc1ccn(CC(=O)N(C)C(C)C)c1. The van der Waals surface area contributed by atoms with Crippen LogP contribution in [0, 0.1) is 0 Å². The first-order chi connectivity index (χ1) is 8.04. The van der Waals surface area contributed by atoms with Gasteiger partial charge in [0.25, 0.3) is 0 Å². The van der Waals surface area contributed by atoms with Gasteiger partial charge in [-0.1, -0.05) is 6.92 Å². The van der Waals surface area contributed by atoms with Crippen LogP contribution in [-0.4, -0.2) is 35.0 Å². The fraction of sp³-hybridized carbons (Fsp3) is 0.615. The van der Waals surface area contributed by atoms with Crippen molar-refractivity contribution in [2.45, 2.75) is 39.9 Å². The Kier molecular flexibility index (Phi) is 5.22. The van der Waals surface area contributed by atoms with E-state index in [1.807, 2.05) is 43.9 Å². The molecule has 17 heavy (non-hydrogen) atoms. The lowest BCUT2D eigenvalue weighted by Gasteiger charge is -2.21. The molecule has 1 rings (SSSR count). The summed E-state index contributed by atoms with van der Waals surface area (Å²) in [5.41, 5.74) is 1.21. The molecule has 0 fully saturated rings. The molecule has 0 atom stereocenters. The minimum Gasteiger partial charge on any atom is -0.345 e. The summed E-state index contributed by atoms with van der Waals surface area (Å²) in [6.07, 6.45) is 3.98. The van der Waals surface area contributed by atoms with Gasteiger partial charge in [0, 0.05) is 32.0 Å². The molecular weight excluding hydrogens is 214 g/mol. The Labute approximate surface area is 104 Å². The van der Waals surface area contributed by atoms with Crippen molar-refractivity contribution in [3.8, 4) is 0 Å². The number of likely N-dealkylation sites (N-methyl/N-ethyl adjacent to an activating group) is 1. The van der Waals surface area contributed by atoms with Crippen LogP contribution in [0.25, 0.3) is 0 Å². The number of amides is 1.